The lowest BCUT2D eigenvalue weighted by atomic mass is 9.61. The maximum absolute atomic E-state index is 12.3. The molecule has 1 saturated heterocycles. The predicted molar refractivity (Wildman–Crippen MR) is 120 cm³/mol. The summed E-state index contributed by atoms with van der Waals surface area (Å²) in [5.41, 5.74) is 9.16. The molecule has 2 N–H and O–H groups in total. The molecular formula is C25H32ClNO2. The minimum absolute atomic E-state index is 0.0209. The van der Waals surface area contributed by atoms with Crippen LogP contribution in [0.5, 0.6) is 0 Å². The molecule has 2 aliphatic rings. The quantitative estimate of drug-likeness (QED) is 0.475. The highest BCUT2D eigenvalue weighted by molar-refractivity contribution is 6.30. The smallest absolute Gasteiger partial charge is 0.309 e. The van der Waals surface area contributed by atoms with E-state index in [1.54, 1.807) is 0 Å². The van der Waals surface area contributed by atoms with Gasteiger partial charge in [-0.15, -0.1) is 0 Å². The number of nitrogens with two attached hydrogens (primary N) is 1. The minimum atomic E-state index is -0.0288. The molecule has 2 fully saturated rings. The fourth-order valence-corrected chi connectivity index (χ4v) is 5.37. The number of ether oxygens (including phenoxy) is 1. The average molecular weight is 414 g/mol. The predicted octanol–water partition coefficient (Wildman–Crippen LogP) is 6.00. The highest BCUT2D eigenvalue weighted by Crippen LogP contribution is 2.50. The lowest BCUT2D eigenvalue weighted by molar-refractivity contribution is -0.144. The van der Waals surface area contributed by atoms with Crippen LogP contribution in [0.3, 0.4) is 0 Å². The molecule has 1 heterocycles. The molecule has 6 unspecified atom stereocenters. The zero-order valence-corrected chi connectivity index (χ0v) is 18.5. The van der Waals surface area contributed by atoms with E-state index in [2.05, 4.69) is 19.9 Å². The first-order valence-electron chi connectivity index (χ1n) is 10.6. The third kappa shape index (κ3) is 4.78. The van der Waals surface area contributed by atoms with Crippen molar-refractivity contribution in [1.29, 1.82) is 0 Å². The number of halogens is 1. The molecule has 1 aliphatic carbocycles. The molecule has 1 aromatic carbocycles. The van der Waals surface area contributed by atoms with Gasteiger partial charge < -0.3 is 10.5 Å². The van der Waals surface area contributed by atoms with E-state index < -0.39 is 0 Å². The van der Waals surface area contributed by atoms with Gasteiger partial charge in [-0.3, -0.25) is 4.79 Å². The molecule has 1 aliphatic heterocycles. The maximum Gasteiger partial charge on any atom is 0.309 e. The summed E-state index contributed by atoms with van der Waals surface area (Å²) < 4.78 is 5.59. The van der Waals surface area contributed by atoms with Crippen molar-refractivity contribution in [2.45, 2.75) is 46.6 Å². The van der Waals surface area contributed by atoms with Gasteiger partial charge in [0.05, 0.1) is 5.92 Å². The monoisotopic (exact) mass is 413 g/mol. The Bertz CT molecular complexity index is 841. The molecule has 156 valence electrons. The molecule has 0 aromatic heterocycles. The van der Waals surface area contributed by atoms with Gasteiger partial charge in [-0.25, -0.2) is 0 Å². The lowest BCUT2D eigenvalue weighted by Crippen LogP contribution is -2.40. The summed E-state index contributed by atoms with van der Waals surface area (Å²) in [6.07, 6.45) is 10.2. The molecule has 0 bridgehead atoms. The Labute approximate surface area is 179 Å². The zero-order chi connectivity index (χ0) is 21.1. The number of esters is 1. The second-order valence-electron chi connectivity index (χ2n) is 8.57. The summed E-state index contributed by atoms with van der Waals surface area (Å²) in [6, 6.07) is 7.79. The molecule has 0 radical (unpaired) electrons. The third-order valence-electron chi connectivity index (χ3n) is 6.69. The Morgan fingerprint density at radius 1 is 1.31 bits per heavy atom. The van der Waals surface area contributed by atoms with Crippen LogP contribution in [0.15, 0.2) is 54.3 Å². The van der Waals surface area contributed by atoms with E-state index in [0.29, 0.717) is 23.5 Å². The zero-order valence-electron chi connectivity index (χ0n) is 17.8. The fourth-order valence-electron chi connectivity index (χ4n) is 5.18. The van der Waals surface area contributed by atoms with E-state index in [9.17, 15) is 4.79 Å². The number of hydrogen-bond donors (Lipinski definition) is 1. The molecule has 1 saturated carbocycles. The van der Waals surface area contributed by atoms with Crippen molar-refractivity contribution in [2.24, 2.45) is 35.3 Å². The number of rotatable bonds is 5. The summed E-state index contributed by atoms with van der Waals surface area (Å²) >= 11 is 6.08. The van der Waals surface area contributed by atoms with Crippen LogP contribution in [0.4, 0.5) is 0 Å². The SMILES string of the molecule is CCC1C(C)CC2C(=O)OC(C)C2C1/C=C/C(N)=C/C=C(\C)c1cccc(Cl)c1. The van der Waals surface area contributed by atoms with E-state index >= 15 is 0 Å². The summed E-state index contributed by atoms with van der Waals surface area (Å²) in [6.45, 7) is 8.57. The third-order valence-corrected chi connectivity index (χ3v) is 6.93. The van der Waals surface area contributed by atoms with E-state index in [-0.39, 0.29) is 23.9 Å². The van der Waals surface area contributed by atoms with Crippen LogP contribution in [0, 0.1) is 29.6 Å². The number of carbonyl (C=O) groups excluding carboxylic acids is 1. The van der Waals surface area contributed by atoms with Gasteiger partial charge in [0.2, 0.25) is 0 Å². The van der Waals surface area contributed by atoms with Crippen LogP contribution in [0.25, 0.3) is 5.57 Å². The number of carbonyl (C=O) groups is 1. The van der Waals surface area contributed by atoms with Crippen molar-refractivity contribution in [3.8, 4) is 0 Å². The molecule has 0 spiro atoms. The van der Waals surface area contributed by atoms with E-state index in [1.165, 1.54) is 0 Å². The van der Waals surface area contributed by atoms with Crippen molar-refractivity contribution in [1.82, 2.24) is 0 Å². The van der Waals surface area contributed by atoms with Gasteiger partial charge >= 0.3 is 5.97 Å². The molecular weight excluding hydrogens is 382 g/mol. The Kier molecular flexibility index (Phi) is 6.89. The van der Waals surface area contributed by atoms with Crippen LogP contribution in [0.2, 0.25) is 5.02 Å². The first kappa shape index (κ1) is 21.7. The summed E-state index contributed by atoms with van der Waals surface area (Å²) in [5.74, 6) is 1.60. The van der Waals surface area contributed by atoms with Crippen molar-refractivity contribution >= 4 is 23.1 Å². The van der Waals surface area contributed by atoms with Crippen molar-refractivity contribution in [3.05, 3.63) is 64.9 Å². The number of benzene rings is 1. The second kappa shape index (κ2) is 9.21. The number of hydrogen-bond acceptors (Lipinski definition) is 3. The highest BCUT2D eigenvalue weighted by atomic mass is 35.5. The summed E-state index contributed by atoms with van der Waals surface area (Å²) in [7, 11) is 0. The molecule has 6 atom stereocenters. The van der Waals surface area contributed by atoms with Crippen LogP contribution >= 0.6 is 11.6 Å². The van der Waals surface area contributed by atoms with Gasteiger partial charge in [-0.1, -0.05) is 56.2 Å². The van der Waals surface area contributed by atoms with E-state index in [4.69, 9.17) is 22.1 Å². The van der Waals surface area contributed by atoms with Gasteiger partial charge in [0.1, 0.15) is 6.10 Å². The largest absolute Gasteiger partial charge is 0.462 e. The van der Waals surface area contributed by atoms with Gasteiger partial charge in [-0.05, 0) is 73.4 Å². The molecule has 1 aromatic rings. The van der Waals surface area contributed by atoms with Crippen LogP contribution in [0.1, 0.15) is 46.1 Å². The maximum atomic E-state index is 12.3. The van der Waals surface area contributed by atoms with Gasteiger partial charge in [-0.2, -0.15) is 0 Å². The fraction of sp³-hybridized carbons (Fsp3) is 0.480. The molecule has 0 amide bonds. The topological polar surface area (TPSA) is 52.3 Å². The molecule has 3 rings (SSSR count). The van der Waals surface area contributed by atoms with Gasteiger partial charge in [0.25, 0.3) is 0 Å². The number of cyclic esters (lactones) is 1. The van der Waals surface area contributed by atoms with Gasteiger partial charge in [0, 0.05) is 16.6 Å². The number of allylic oxidation sites excluding steroid dienone is 5. The Morgan fingerprint density at radius 3 is 2.76 bits per heavy atom. The lowest BCUT2D eigenvalue weighted by Gasteiger charge is -2.41. The normalized spacial score (nSPS) is 33.1. The van der Waals surface area contributed by atoms with Gasteiger partial charge in [0.15, 0.2) is 0 Å². The van der Waals surface area contributed by atoms with Crippen LogP contribution in [-0.2, 0) is 9.53 Å². The first-order chi connectivity index (χ1) is 13.8. The van der Waals surface area contributed by atoms with Crippen molar-refractivity contribution < 1.29 is 9.53 Å². The Morgan fingerprint density at radius 2 is 2.07 bits per heavy atom. The Hall–Kier alpha value is -2.00. The molecule has 4 heteroatoms. The standard InChI is InChI=1S/C25H32ClNO2/c1-5-21-16(3)13-23-24(17(4)29-25(23)28)22(21)12-11-20(27)10-9-15(2)18-7-6-8-19(26)14-18/h6-12,14,16-17,21-24H,5,13,27H2,1-4H3/b12-11+,15-9+,20-10-. The molecule has 29 heavy (non-hydrogen) atoms. The molecule has 3 nitrogen and oxygen atoms in total. The van der Waals surface area contributed by atoms with Crippen molar-refractivity contribution in [3.63, 3.8) is 0 Å². The van der Waals surface area contributed by atoms with Crippen LogP contribution in [-0.4, -0.2) is 12.1 Å². The second-order valence-corrected chi connectivity index (χ2v) is 9.01. The summed E-state index contributed by atoms with van der Waals surface area (Å²) in [4.78, 5) is 12.3. The average Bonchev–Trinajstić information content (AvgIpc) is 2.97. The highest BCUT2D eigenvalue weighted by Gasteiger charge is 2.52. The van der Waals surface area contributed by atoms with E-state index in [0.717, 1.165) is 29.0 Å². The van der Waals surface area contributed by atoms with Crippen LogP contribution < -0.4 is 5.73 Å². The first-order valence-corrected chi connectivity index (χ1v) is 11.0. The minimum Gasteiger partial charge on any atom is -0.462 e. The Balaban J connectivity index is 1.79. The van der Waals surface area contributed by atoms with E-state index in [1.807, 2.05) is 56.3 Å². The summed E-state index contributed by atoms with van der Waals surface area (Å²) in [5, 5.41) is 0.723. The number of fused-ring (bicyclic) bond motifs is 1. The van der Waals surface area contributed by atoms with Crippen molar-refractivity contribution in [2.75, 3.05) is 0 Å².